The van der Waals surface area contributed by atoms with Gasteiger partial charge in [-0.3, -0.25) is 4.79 Å². The minimum atomic E-state index is -0.0184. The molecule has 0 aliphatic heterocycles. The predicted molar refractivity (Wildman–Crippen MR) is 91.0 cm³/mol. The Bertz CT molecular complexity index is 547. The highest BCUT2D eigenvalue weighted by Crippen LogP contribution is 2.67. The summed E-state index contributed by atoms with van der Waals surface area (Å²) in [7, 11) is 0. The van der Waals surface area contributed by atoms with Gasteiger partial charge in [0.05, 0.1) is 11.5 Å². The van der Waals surface area contributed by atoms with Crippen LogP contribution in [0.15, 0.2) is 12.2 Å². The van der Waals surface area contributed by atoms with E-state index in [1.807, 2.05) is 0 Å². The molecule has 5 aliphatic rings. The second kappa shape index (κ2) is 5.59. The van der Waals surface area contributed by atoms with Crippen LogP contribution in [-0.2, 0) is 14.3 Å². The maximum Gasteiger partial charge on any atom is 0.311 e. The molecule has 0 aromatic rings. The van der Waals surface area contributed by atoms with Gasteiger partial charge in [-0.15, -0.1) is 0 Å². The molecule has 132 valence electrons. The first kappa shape index (κ1) is 15.4. The third kappa shape index (κ3) is 2.16. The zero-order valence-electron chi connectivity index (χ0n) is 14.8. The Balaban J connectivity index is 1.18. The Hall–Kier alpha value is -0.830. The van der Waals surface area contributed by atoms with Crippen molar-refractivity contribution < 1.29 is 14.3 Å². The van der Waals surface area contributed by atoms with Crippen LogP contribution in [0.1, 0.15) is 58.3 Å². The molecule has 0 heterocycles. The van der Waals surface area contributed by atoms with Gasteiger partial charge in [0.15, 0.2) is 6.79 Å². The second-order valence-electron chi connectivity index (χ2n) is 9.07. The summed E-state index contributed by atoms with van der Waals surface area (Å²) in [6, 6.07) is 0. The maximum absolute atomic E-state index is 12.7. The Morgan fingerprint density at radius 1 is 1.08 bits per heavy atom. The minimum Gasteiger partial charge on any atom is -0.438 e. The van der Waals surface area contributed by atoms with E-state index < -0.39 is 0 Å². The lowest BCUT2D eigenvalue weighted by atomic mass is 9.69. The first-order chi connectivity index (χ1) is 11.7. The third-order valence-corrected chi connectivity index (χ3v) is 8.30. The summed E-state index contributed by atoms with van der Waals surface area (Å²) in [5, 5.41) is 0. The summed E-state index contributed by atoms with van der Waals surface area (Å²) in [6.45, 7) is 2.35. The lowest BCUT2D eigenvalue weighted by Gasteiger charge is -2.35. The van der Waals surface area contributed by atoms with Gasteiger partial charge in [0.2, 0.25) is 0 Å². The number of esters is 1. The van der Waals surface area contributed by atoms with Gasteiger partial charge in [0.1, 0.15) is 0 Å². The maximum atomic E-state index is 12.7. The van der Waals surface area contributed by atoms with Gasteiger partial charge in [-0.2, -0.15) is 0 Å². The average Bonchev–Trinajstić information content (AvgIpc) is 3.39. The second-order valence-corrected chi connectivity index (χ2v) is 9.07. The summed E-state index contributed by atoms with van der Waals surface area (Å²) in [5.74, 6) is 4.76. The van der Waals surface area contributed by atoms with Gasteiger partial charge >= 0.3 is 5.97 Å². The van der Waals surface area contributed by atoms with Crippen LogP contribution in [0.2, 0.25) is 0 Å². The normalized spacial score (nSPS) is 46.6. The largest absolute Gasteiger partial charge is 0.438 e. The van der Waals surface area contributed by atoms with Gasteiger partial charge in [0.25, 0.3) is 0 Å². The summed E-state index contributed by atoms with van der Waals surface area (Å²) in [6.07, 6.45) is 14.3. The smallest absolute Gasteiger partial charge is 0.311 e. The molecule has 7 atom stereocenters. The van der Waals surface area contributed by atoms with Crippen molar-refractivity contribution in [2.75, 3.05) is 6.79 Å². The lowest BCUT2D eigenvalue weighted by molar-refractivity contribution is -0.180. The van der Waals surface area contributed by atoms with E-state index in [-0.39, 0.29) is 24.3 Å². The zero-order chi connectivity index (χ0) is 16.3. The fourth-order valence-electron chi connectivity index (χ4n) is 7.23. The highest BCUT2D eigenvalue weighted by atomic mass is 16.7. The highest BCUT2D eigenvalue weighted by molar-refractivity contribution is 5.73. The van der Waals surface area contributed by atoms with Crippen molar-refractivity contribution in [1.29, 1.82) is 0 Å². The van der Waals surface area contributed by atoms with E-state index in [9.17, 15) is 4.79 Å². The number of carbonyl (C=O) groups excluding carboxylic acids is 1. The molecular weight excluding hydrogens is 300 g/mol. The number of carbonyl (C=O) groups is 1. The van der Waals surface area contributed by atoms with Crippen LogP contribution in [-0.4, -0.2) is 18.4 Å². The molecule has 0 radical (unpaired) electrons. The topological polar surface area (TPSA) is 35.5 Å². The molecule has 4 bridgehead atoms. The number of hydrogen-bond acceptors (Lipinski definition) is 3. The Kier molecular flexibility index (Phi) is 3.59. The van der Waals surface area contributed by atoms with Crippen LogP contribution in [0.4, 0.5) is 0 Å². The van der Waals surface area contributed by atoms with Gasteiger partial charge in [0, 0.05) is 0 Å². The van der Waals surface area contributed by atoms with Crippen LogP contribution >= 0.6 is 0 Å². The molecule has 5 aliphatic carbocycles. The first-order valence-electron chi connectivity index (χ1n) is 10.2. The number of hydrogen-bond donors (Lipinski definition) is 0. The van der Waals surface area contributed by atoms with Gasteiger partial charge in [-0.05, 0) is 74.0 Å². The molecule has 7 unspecified atom stereocenters. The van der Waals surface area contributed by atoms with Crippen molar-refractivity contribution in [3.8, 4) is 0 Å². The minimum absolute atomic E-state index is 0.0184. The van der Waals surface area contributed by atoms with E-state index in [4.69, 9.17) is 9.47 Å². The molecule has 0 amide bonds. The molecule has 4 saturated carbocycles. The predicted octanol–water partition coefficient (Wildman–Crippen LogP) is 4.32. The lowest BCUT2D eigenvalue weighted by Crippen LogP contribution is -2.36. The quantitative estimate of drug-likeness (QED) is 0.326. The van der Waals surface area contributed by atoms with Crippen molar-refractivity contribution >= 4 is 5.97 Å². The molecule has 4 fully saturated rings. The van der Waals surface area contributed by atoms with Gasteiger partial charge in [-0.1, -0.05) is 31.9 Å². The van der Waals surface area contributed by atoms with Crippen LogP contribution < -0.4 is 0 Å². The van der Waals surface area contributed by atoms with Crippen LogP contribution in [0.3, 0.4) is 0 Å². The van der Waals surface area contributed by atoms with Gasteiger partial charge < -0.3 is 9.47 Å². The summed E-state index contributed by atoms with van der Waals surface area (Å²) < 4.78 is 11.6. The Morgan fingerprint density at radius 2 is 1.83 bits per heavy atom. The molecule has 0 aromatic carbocycles. The van der Waals surface area contributed by atoms with Crippen LogP contribution in [0.5, 0.6) is 0 Å². The fraction of sp³-hybridized carbons (Fsp3) is 0.857. The van der Waals surface area contributed by atoms with E-state index in [0.29, 0.717) is 5.92 Å². The average molecular weight is 330 g/mol. The van der Waals surface area contributed by atoms with E-state index in [1.165, 1.54) is 25.7 Å². The fourth-order valence-corrected chi connectivity index (χ4v) is 7.23. The van der Waals surface area contributed by atoms with Crippen molar-refractivity contribution in [3.05, 3.63) is 12.2 Å². The van der Waals surface area contributed by atoms with Crippen LogP contribution in [0, 0.1) is 41.4 Å². The van der Waals surface area contributed by atoms with E-state index in [1.54, 1.807) is 0 Å². The Labute approximate surface area is 145 Å². The SMILES string of the molecule is CCC1(OCOC(=O)C2CC3CC2C2C4C=CC(C4)C32)CCCC1. The molecule has 0 N–H and O–H groups in total. The molecule has 3 nitrogen and oxygen atoms in total. The molecular formula is C21H30O3. The monoisotopic (exact) mass is 330 g/mol. The summed E-state index contributed by atoms with van der Waals surface area (Å²) >= 11 is 0. The van der Waals surface area contributed by atoms with Crippen LogP contribution in [0.25, 0.3) is 0 Å². The number of allylic oxidation sites excluding steroid dienone is 2. The molecule has 0 aromatic heterocycles. The molecule has 0 spiro atoms. The molecule has 24 heavy (non-hydrogen) atoms. The van der Waals surface area contributed by atoms with E-state index in [2.05, 4.69) is 19.1 Å². The molecule has 3 heteroatoms. The standard InChI is InChI=1S/C21H30O3/c1-2-21(7-3-4-8-21)24-12-23-20(22)17-11-15-10-16(17)19-14-6-5-13(9-14)18(15)19/h5-6,13-19H,2-4,7-12H2,1H3. The number of rotatable bonds is 5. The van der Waals surface area contributed by atoms with E-state index in [0.717, 1.165) is 55.3 Å². The van der Waals surface area contributed by atoms with Crippen molar-refractivity contribution in [2.45, 2.75) is 63.9 Å². The summed E-state index contributed by atoms with van der Waals surface area (Å²) in [4.78, 5) is 12.7. The third-order valence-electron chi connectivity index (χ3n) is 8.30. The summed E-state index contributed by atoms with van der Waals surface area (Å²) in [5.41, 5.74) is -0.0184. The van der Waals surface area contributed by atoms with E-state index >= 15 is 0 Å². The van der Waals surface area contributed by atoms with Gasteiger partial charge in [-0.25, -0.2) is 0 Å². The zero-order valence-corrected chi connectivity index (χ0v) is 14.8. The first-order valence-corrected chi connectivity index (χ1v) is 10.2. The molecule has 5 rings (SSSR count). The number of fused-ring (bicyclic) bond motifs is 9. The highest BCUT2D eigenvalue weighted by Gasteiger charge is 2.62. The number of ether oxygens (including phenoxy) is 2. The van der Waals surface area contributed by atoms with Crippen molar-refractivity contribution in [2.24, 2.45) is 41.4 Å². The van der Waals surface area contributed by atoms with Crippen molar-refractivity contribution in [3.63, 3.8) is 0 Å². The Morgan fingerprint density at radius 3 is 2.58 bits per heavy atom. The molecule has 0 saturated heterocycles. The van der Waals surface area contributed by atoms with Crippen molar-refractivity contribution in [1.82, 2.24) is 0 Å².